The molecule has 0 unspecified atom stereocenters. The minimum atomic E-state index is -0.480. The van der Waals surface area contributed by atoms with E-state index in [1.54, 1.807) is 13.2 Å². The Morgan fingerprint density at radius 3 is 2.96 bits per heavy atom. The summed E-state index contributed by atoms with van der Waals surface area (Å²) >= 11 is 0. The maximum Gasteiger partial charge on any atom is 0.320 e. The Balaban J connectivity index is 1.66. The van der Waals surface area contributed by atoms with Crippen LogP contribution in [-0.2, 0) is 13.6 Å². The summed E-state index contributed by atoms with van der Waals surface area (Å²) in [4.78, 5) is 31.8. The molecule has 7 heteroatoms. The molecule has 0 aliphatic rings. The topological polar surface area (TPSA) is 88.9 Å². The van der Waals surface area contributed by atoms with E-state index >= 15 is 0 Å². The second kappa shape index (κ2) is 6.27. The highest BCUT2D eigenvalue weighted by Crippen LogP contribution is 2.13. The summed E-state index contributed by atoms with van der Waals surface area (Å²) in [6.45, 7) is 0.337. The lowest BCUT2D eigenvalue weighted by Crippen LogP contribution is -2.32. The number of carbonyl (C=O) groups excluding carboxylic acids is 1. The standard InChI is InChI=1S/C16H15N5O2/c1-21-8-7-18-14(15(21)22)20-16(23)19-10-11-4-5-13-12(9-11)3-2-6-17-13/h2-9H,10H2,1H3,(H2,18,19,20,23). The quantitative estimate of drug-likeness (QED) is 0.770. The molecule has 0 saturated carbocycles. The summed E-state index contributed by atoms with van der Waals surface area (Å²) in [5.74, 6) is -0.00443. The molecule has 0 aliphatic carbocycles. The number of fused-ring (bicyclic) bond motifs is 1. The molecule has 0 bridgehead atoms. The van der Waals surface area contributed by atoms with Crippen molar-refractivity contribution in [3.63, 3.8) is 0 Å². The predicted molar refractivity (Wildman–Crippen MR) is 87.1 cm³/mol. The van der Waals surface area contributed by atoms with Crippen molar-refractivity contribution in [2.45, 2.75) is 6.54 Å². The van der Waals surface area contributed by atoms with Gasteiger partial charge in [-0.05, 0) is 23.8 Å². The monoisotopic (exact) mass is 309 g/mol. The van der Waals surface area contributed by atoms with Gasteiger partial charge in [0, 0.05) is 37.6 Å². The van der Waals surface area contributed by atoms with Crippen molar-refractivity contribution >= 4 is 22.8 Å². The molecule has 23 heavy (non-hydrogen) atoms. The minimum Gasteiger partial charge on any atom is -0.334 e. The van der Waals surface area contributed by atoms with E-state index in [1.807, 2.05) is 30.3 Å². The normalized spacial score (nSPS) is 10.5. The van der Waals surface area contributed by atoms with Gasteiger partial charge in [-0.2, -0.15) is 0 Å². The molecule has 2 aromatic heterocycles. The number of hydrogen-bond acceptors (Lipinski definition) is 4. The Morgan fingerprint density at radius 2 is 2.09 bits per heavy atom. The van der Waals surface area contributed by atoms with Crippen molar-refractivity contribution < 1.29 is 4.79 Å². The fraction of sp³-hybridized carbons (Fsp3) is 0.125. The summed E-state index contributed by atoms with van der Waals surface area (Å²) in [7, 11) is 1.59. The van der Waals surface area contributed by atoms with Crippen LogP contribution in [0.1, 0.15) is 5.56 Å². The van der Waals surface area contributed by atoms with Crippen LogP contribution in [0.3, 0.4) is 0 Å². The third-order valence-corrected chi connectivity index (χ3v) is 3.37. The molecule has 0 saturated heterocycles. The van der Waals surface area contributed by atoms with Crippen LogP contribution in [0.15, 0.2) is 53.7 Å². The van der Waals surface area contributed by atoms with Crippen molar-refractivity contribution in [1.82, 2.24) is 19.9 Å². The lowest BCUT2D eigenvalue weighted by atomic mass is 10.1. The number of amides is 2. The third kappa shape index (κ3) is 3.34. The first-order valence-electron chi connectivity index (χ1n) is 7.03. The number of carbonyl (C=O) groups is 1. The van der Waals surface area contributed by atoms with Gasteiger partial charge >= 0.3 is 6.03 Å². The molecule has 0 aliphatic heterocycles. The highest BCUT2D eigenvalue weighted by Gasteiger charge is 2.07. The van der Waals surface area contributed by atoms with E-state index in [2.05, 4.69) is 20.6 Å². The van der Waals surface area contributed by atoms with Crippen molar-refractivity contribution in [3.8, 4) is 0 Å². The molecule has 1 aromatic carbocycles. The van der Waals surface area contributed by atoms with Crippen LogP contribution in [-0.4, -0.2) is 20.6 Å². The van der Waals surface area contributed by atoms with E-state index in [-0.39, 0.29) is 11.4 Å². The molecule has 3 rings (SSSR count). The minimum absolute atomic E-state index is 0.00443. The number of rotatable bonds is 3. The fourth-order valence-electron chi connectivity index (χ4n) is 2.15. The molecule has 0 radical (unpaired) electrons. The highest BCUT2D eigenvalue weighted by atomic mass is 16.2. The number of benzene rings is 1. The van der Waals surface area contributed by atoms with E-state index in [1.165, 1.54) is 17.0 Å². The number of urea groups is 1. The number of nitrogens with zero attached hydrogens (tertiary/aromatic N) is 3. The Bertz CT molecular complexity index is 919. The zero-order valence-electron chi connectivity index (χ0n) is 12.5. The molecule has 3 aromatic rings. The van der Waals surface area contributed by atoms with E-state index in [9.17, 15) is 9.59 Å². The van der Waals surface area contributed by atoms with Gasteiger partial charge in [0.1, 0.15) is 0 Å². The molecule has 2 amide bonds. The van der Waals surface area contributed by atoms with Crippen LogP contribution >= 0.6 is 0 Å². The van der Waals surface area contributed by atoms with Gasteiger partial charge in [-0.3, -0.25) is 15.1 Å². The van der Waals surface area contributed by atoms with Gasteiger partial charge in [0.15, 0.2) is 0 Å². The molecular formula is C16H15N5O2. The zero-order valence-corrected chi connectivity index (χ0v) is 12.5. The maximum atomic E-state index is 11.9. The number of hydrogen-bond donors (Lipinski definition) is 2. The Kier molecular flexibility index (Phi) is 4.01. The first-order valence-corrected chi connectivity index (χ1v) is 7.03. The molecule has 0 atom stereocenters. The second-order valence-electron chi connectivity index (χ2n) is 5.03. The van der Waals surface area contributed by atoms with E-state index in [0.29, 0.717) is 6.54 Å². The number of nitrogens with one attached hydrogen (secondary N) is 2. The van der Waals surface area contributed by atoms with Gasteiger partial charge in [0.25, 0.3) is 5.56 Å². The zero-order chi connectivity index (χ0) is 16.2. The average Bonchev–Trinajstić information content (AvgIpc) is 2.57. The summed E-state index contributed by atoms with van der Waals surface area (Å²) < 4.78 is 1.35. The fourth-order valence-corrected chi connectivity index (χ4v) is 2.15. The Labute approximate surface area is 132 Å². The van der Waals surface area contributed by atoms with Gasteiger partial charge in [0.05, 0.1) is 5.52 Å². The number of anilines is 1. The van der Waals surface area contributed by atoms with Crippen molar-refractivity contribution in [2.75, 3.05) is 5.32 Å². The lowest BCUT2D eigenvalue weighted by Gasteiger charge is -2.08. The SMILES string of the molecule is Cn1ccnc(NC(=O)NCc2ccc3ncccc3c2)c1=O. The molecule has 2 heterocycles. The molecular weight excluding hydrogens is 294 g/mol. The second-order valence-corrected chi connectivity index (χ2v) is 5.03. The average molecular weight is 309 g/mol. The van der Waals surface area contributed by atoms with Crippen molar-refractivity contribution in [2.24, 2.45) is 7.05 Å². The van der Waals surface area contributed by atoms with Crippen molar-refractivity contribution in [1.29, 1.82) is 0 Å². The lowest BCUT2D eigenvalue weighted by molar-refractivity contribution is 0.251. The van der Waals surface area contributed by atoms with Gasteiger partial charge in [-0.25, -0.2) is 9.78 Å². The predicted octanol–water partition coefficient (Wildman–Crippen LogP) is 1.65. The molecule has 116 valence electrons. The number of aryl methyl sites for hydroxylation is 1. The van der Waals surface area contributed by atoms with E-state index < -0.39 is 6.03 Å². The van der Waals surface area contributed by atoms with Crippen LogP contribution in [0.2, 0.25) is 0 Å². The third-order valence-electron chi connectivity index (χ3n) is 3.37. The number of pyridine rings is 1. The molecule has 0 fully saturated rings. The van der Waals surface area contributed by atoms with Crippen LogP contribution < -0.4 is 16.2 Å². The first-order chi connectivity index (χ1) is 11.1. The van der Waals surface area contributed by atoms with Gasteiger partial charge in [-0.15, -0.1) is 0 Å². The molecule has 2 N–H and O–H groups in total. The van der Waals surface area contributed by atoms with Gasteiger partial charge < -0.3 is 9.88 Å². The van der Waals surface area contributed by atoms with Crippen LogP contribution in [0.4, 0.5) is 10.6 Å². The molecule has 7 nitrogen and oxygen atoms in total. The van der Waals surface area contributed by atoms with E-state index in [4.69, 9.17) is 0 Å². The van der Waals surface area contributed by atoms with Crippen LogP contribution in [0, 0.1) is 0 Å². The summed E-state index contributed by atoms with van der Waals surface area (Å²) in [5, 5.41) is 6.16. The Hall–Kier alpha value is -3.22. The van der Waals surface area contributed by atoms with Crippen molar-refractivity contribution in [3.05, 3.63) is 64.8 Å². The maximum absolute atomic E-state index is 11.9. The smallest absolute Gasteiger partial charge is 0.320 e. The highest BCUT2D eigenvalue weighted by molar-refractivity contribution is 5.88. The summed E-state index contributed by atoms with van der Waals surface area (Å²) in [6.07, 6.45) is 4.71. The summed E-state index contributed by atoms with van der Waals surface area (Å²) in [5.41, 5.74) is 1.48. The summed E-state index contributed by atoms with van der Waals surface area (Å²) in [6, 6.07) is 9.11. The first kappa shape index (κ1) is 14.7. The van der Waals surface area contributed by atoms with Gasteiger partial charge in [0.2, 0.25) is 5.82 Å². The Morgan fingerprint density at radius 1 is 1.22 bits per heavy atom. The molecule has 0 spiro atoms. The van der Waals surface area contributed by atoms with E-state index in [0.717, 1.165) is 16.5 Å². The van der Waals surface area contributed by atoms with Crippen LogP contribution in [0.5, 0.6) is 0 Å². The van der Waals surface area contributed by atoms with Gasteiger partial charge in [-0.1, -0.05) is 12.1 Å². The van der Waals surface area contributed by atoms with Crippen LogP contribution in [0.25, 0.3) is 10.9 Å². The number of aromatic nitrogens is 3. The largest absolute Gasteiger partial charge is 0.334 e.